The van der Waals surface area contributed by atoms with Crippen LogP contribution in [0.2, 0.25) is 0 Å². The second-order valence-electron chi connectivity index (χ2n) is 2.64. The fourth-order valence-electron chi connectivity index (χ4n) is 0.948. The Kier molecular flexibility index (Phi) is 4.05. The van der Waals surface area contributed by atoms with Crippen LogP contribution in [0.5, 0.6) is 0 Å². The highest BCUT2D eigenvalue weighted by atomic mass is 79.9. The van der Waals surface area contributed by atoms with Crippen molar-refractivity contribution in [2.24, 2.45) is 0 Å². The molecule has 0 aliphatic rings. The molecule has 0 amide bonds. The normalized spacial score (nSPS) is 10.0. The van der Waals surface area contributed by atoms with Gasteiger partial charge in [-0.15, -0.1) is 0 Å². The third-order valence-corrected chi connectivity index (χ3v) is 2.02. The van der Waals surface area contributed by atoms with Crippen molar-refractivity contribution < 1.29 is 9.90 Å². The van der Waals surface area contributed by atoms with Gasteiger partial charge in [0.2, 0.25) is 0 Å². The van der Waals surface area contributed by atoms with E-state index in [0.717, 1.165) is 4.47 Å². The lowest BCUT2D eigenvalue weighted by Crippen LogP contribution is -2.00. The number of hydrogen-bond donors (Lipinski definition) is 1. The van der Waals surface area contributed by atoms with Gasteiger partial charge in [-0.05, 0) is 28.4 Å². The molecule has 1 rings (SSSR count). The highest BCUT2D eigenvalue weighted by Crippen LogP contribution is 2.11. The van der Waals surface area contributed by atoms with E-state index in [1.54, 1.807) is 12.3 Å². The summed E-state index contributed by atoms with van der Waals surface area (Å²) in [6.45, 7) is 0.0488. The average molecular weight is 244 g/mol. The van der Waals surface area contributed by atoms with Gasteiger partial charge in [0.05, 0.1) is 0 Å². The summed E-state index contributed by atoms with van der Waals surface area (Å²) >= 11 is 3.23. The average Bonchev–Trinajstić information content (AvgIpc) is 2.14. The van der Waals surface area contributed by atoms with E-state index in [9.17, 15) is 4.79 Å². The van der Waals surface area contributed by atoms with Crippen molar-refractivity contribution in [3.63, 3.8) is 0 Å². The van der Waals surface area contributed by atoms with Gasteiger partial charge < -0.3 is 5.11 Å². The predicted molar refractivity (Wildman–Crippen MR) is 52.6 cm³/mol. The van der Waals surface area contributed by atoms with Crippen LogP contribution in [-0.4, -0.2) is 22.5 Å². The van der Waals surface area contributed by atoms with E-state index in [1.165, 1.54) is 6.20 Å². The van der Waals surface area contributed by atoms with Crippen LogP contribution in [0.1, 0.15) is 23.2 Å². The minimum atomic E-state index is 0.0165. The molecule has 1 aromatic rings. The molecular weight excluding hydrogens is 234 g/mol. The molecule has 70 valence electrons. The van der Waals surface area contributed by atoms with Crippen LogP contribution in [0.15, 0.2) is 22.9 Å². The number of rotatable bonds is 4. The Bertz CT molecular complexity index is 301. The van der Waals surface area contributed by atoms with Crippen molar-refractivity contribution in [3.05, 3.63) is 28.5 Å². The monoisotopic (exact) mass is 243 g/mol. The number of carbonyl (C=O) groups excluding carboxylic acids is 1. The van der Waals surface area contributed by atoms with E-state index in [-0.39, 0.29) is 12.4 Å². The minimum absolute atomic E-state index is 0.0165. The molecule has 1 N–H and O–H groups in total. The molecule has 1 heterocycles. The van der Waals surface area contributed by atoms with Crippen LogP contribution < -0.4 is 0 Å². The van der Waals surface area contributed by atoms with Gasteiger partial charge in [-0.2, -0.15) is 0 Å². The molecule has 0 unspecified atom stereocenters. The van der Waals surface area contributed by atoms with Gasteiger partial charge in [-0.1, -0.05) is 0 Å². The Morgan fingerprint density at radius 3 is 2.92 bits per heavy atom. The van der Waals surface area contributed by atoms with Crippen molar-refractivity contribution in [1.82, 2.24) is 4.98 Å². The maximum atomic E-state index is 11.4. The van der Waals surface area contributed by atoms with E-state index in [4.69, 9.17) is 5.11 Å². The van der Waals surface area contributed by atoms with Crippen LogP contribution in [0, 0.1) is 0 Å². The van der Waals surface area contributed by atoms with Gasteiger partial charge in [0.25, 0.3) is 0 Å². The van der Waals surface area contributed by atoms with Gasteiger partial charge in [0.1, 0.15) is 0 Å². The number of aromatic nitrogens is 1. The number of nitrogens with zero attached hydrogens (tertiary/aromatic N) is 1. The summed E-state index contributed by atoms with van der Waals surface area (Å²) in [5.74, 6) is 0.0165. The Morgan fingerprint density at radius 1 is 1.54 bits per heavy atom. The molecule has 0 saturated heterocycles. The summed E-state index contributed by atoms with van der Waals surface area (Å²) in [5, 5.41) is 8.54. The lowest BCUT2D eigenvalue weighted by molar-refractivity contribution is 0.0971. The quantitative estimate of drug-likeness (QED) is 0.821. The van der Waals surface area contributed by atoms with Gasteiger partial charge in [-0.25, -0.2) is 0 Å². The van der Waals surface area contributed by atoms with Crippen LogP contribution in [0.3, 0.4) is 0 Å². The van der Waals surface area contributed by atoms with Crippen LogP contribution in [0.25, 0.3) is 0 Å². The van der Waals surface area contributed by atoms with Crippen molar-refractivity contribution in [2.45, 2.75) is 12.8 Å². The Morgan fingerprint density at radius 2 is 2.31 bits per heavy atom. The molecular formula is C9H10BrNO2. The lowest BCUT2D eigenvalue weighted by atomic mass is 10.1. The SMILES string of the molecule is O=C(CCCO)c1cncc(Br)c1. The maximum Gasteiger partial charge on any atom is 0.164 e. The molecule has 0 aromatic carbocycles. The third-order valence-electron chi connectivity index (χ3n) is 1.59. The Balaban J connectivity index is 2.66. The second-order valence-corrected chi connectivity index (χ2v) is 3.56. The third kappa shape index (κ3) is 3.24. The van der Waals surface area contributed by atoms with Crippen molar-refractivity contribution in [2.75, 3.05) is 6.61 Å². The first-order valence-electron chi connectivity index (χ1n) is 3.98. The molecule has 1 aromatic heterocycles. The standard InChI is InChI=1S/C9H10BrNO2/c10-8-4-7(5-11-6-8)9(13)2-1-3-12/h4-6,12H,1-3H2. The molecule has 0 radical (unpaired) electrons. The van der Waals surface area contributed by atoms with E-state index in [1.807, 2.05) is 0 Å². The number of carbonyl (C=O) groups is 1. The molecule has 4 heteroatoms. The smallest absolute Gasteiger partial charge is 0.164 e. The first-order valence-corrected chi connectivity index (χ1v) is 4.78. The van der Waals surface area contributed by atoms with Crippen LogP contribution in [-0.2, 0) is 0 Å². The van der Waals surface area contributed by atoms with Crippen molar-refractivity contribution in [1.29, 1.82) is 0 Å². The largest absolute Gasteiger partial charge is 0.396 e. The zero-order valence-electron chi connectivity index (χ0n) is 7.03. The second kappa shape index (κ2) is 5.09. The Labute approximate surface area is 84.9 Å². The zero-order chi connectivity index (χ0) is 9.68. The highest BCUT2D eigenvalue weighted by molar-refractivity contribution is 9.10. The number of pyridine rings is 1. The Hall–Kier alpha value is -0.740. The molecule has 0 bridgehead atoms. The number of hydrogen-bond acceptors (Lipinski definition) is 3. The fraction of sp³-hybridized carbons (Fsp3) is 0.333. The van der Waals surface area contributed by atoms with E-state index in [2.05, 4.69) is 20.9 Å². The summed E-state index contributed by atoms with van der Waals surface area (Å²) in [7, 11) is 0. The lowest BCUT2D eigenvalue weighted by Gasteiger charge is -1.98. The van der Waals surface area contributed by atoms with E-state index >= 15 is 0 Å². The molecule has 0 saturated carbocycles. The summed E-state index contributed by atoms with van der Waals surface area (Å²) < 4.78 is 0.794. The zero-order valence-corrected chi connectivity index (χ0v) is 8.62. The first-order chi connectivity index (χ1) is 6.24. The van der Waals surface area contributed by atoms with E-state index < -0.39 is 0 Å². The van der Waals surface area contributed by atoms with Crippen molar-refractivity contribution >= 4 is 21.7 Å². The van der Waals surface area contributed by atoms with Crippen molar-refractivity contribution in [3.8, 4) is 0 Å². The summed E-state index contributed by atoms with van der Waals surface area (Å²) in [6, 6.07) is 1.73. The fourth-order valence-corrected chi connectivity index (χ4v) is 1.31. The number of aliphatic hydroxyl groups is 1. The minimum Gasteiger partial charge on any atom is -0.396 e. The predicted octanol–water partition coefficient (Wildman–Crippen LogP) is 1.80. The van der Waals surface area contributed by atoms with Gasteiger partial charge in [0, 0.05) is 35.5 Å². The molecule has 0 aliphatic heterocycles. The molecule has 3 nitrogen and oxygen atoms in total. The summed E-state index contributed by atoms with van der Waals surface area (Å²) in [6.07, 6.45) is 4.03. The molecule has 0 atom stereocenters. The summed E-state index contributed by atoms with van der Waals surface area (Å²) in [4.78, 5) is 15.3. The molecule has 0 spiro atoms. The number of aliphatic hydroxyl groups excluding tert-OH is 1. The van der Waals surface area contributed by atoms with Crippen LogP contribution >= 0.6 is 15.9 Å². The number of ketones is 1. The van der Waals surface area contributed by atoms with Gasteiger partial charge in [0.15, 0.2) is 5.78 Å². The van der Waals surface area contributed by atoms with Gasteiger partial charge >= 0.3 is 0 Å². The maximum absolute atomic E-state index is 11.4. The highest BCUT2D eigenvalue weighted by Gasteiger charge is 2.05. The molecule has 0 fully saturated rings. The van der Waals surface area contributed by atoms with E-state index in [0.29, 0.717) is 18.4 Å². The number of halogens is 1. The topological polar surface area (TPSA) is 50.2 Å². The van der Waals surface area contributed by atoms with Gasteiger partial charge in [-0.3, -0.25) is 9.78 Å². The molecule has 0 aliphatic carbocycles. The first kappa shape index (κ1) is 10.3. The molecule has 13 heavy (non-hydrogen) atoms. The summed E-state index contributed by atoms with van der Waals surface area (Å²) in [5.41, 5.74) is 0.586. The van der Waals surface area contributed by atoms with Crippen LogP contribution in [0.4, 0.5) is 0 Å². The number of Topliss-reactive ketones (excluding diaryl/α,β-unsaturated/α-hetero) is 1.